The molecule has 0 unspecified atom stereocenters. The van der Waals surface area contributed by atoms with Crippen LogP contribution in [0.1, 0.15) is 0 Å². The third-order valence-corrected chi connectivity index (χ3v) is 4.86. The van der Waals surface area contributed by atoms with Crippen molar-refractivity contribution in [3.63, 3.8) is 0 Å². The Hall–Kier alpha value is -1.83. The molecule has 0 aliphatic rings. The number of aryl methyl sites for hydroxylation is 1. The summed E-state index contributed by atoms with van der Waals surface area (Å²) in [4.78, 5) is 0.0363. The van der Waals surface area contributed by atoms with Gasteiger partial charge in [0, 0.05) is 17.1 Å². The maximum Gasteiger partial charge on any atom is 0.264 e. The SMILES string of the molecule is Cn1nnc2c(S(=O)(=O)Nc3cc(Cl)cc(Cl)c3)cccc21. The van der Waals surface area contributed by atoms with Crippen LogP contribution in [0.25, 0.3) is 11.0 Å². The average Bonchev–Trinajstić information content (AvgIpc) is 2.79. The predicted octanol–water partition coefficient (Wildman–Crippen LogP) is 3.08. The van der Waals surface area contributed by atoms with Crippen molar-refractivity contribution < 1.29 is 8.42 Å². The van der Waals surface area contributed by atoms with Gasteiger partial charge in [0.2, 0.25) is 0 Å². The highest BCUT2D eigenvalue weighted by Gasteiger charge is 2.20. The van der Waals surface area contributed by atoms with E-state index in [0.29, 0.717) is 21.1 Å². The monoisotopic (exact) mass is 356 g/mol. The average molecular weight is 357 g/mol. The Morgan fingerprint density at radius 3 is 2.50 bits per heavy atom. The molecule has 114 valence electrons. The second-order valence-corrected chi connectivity index (χ2v) is 7.12. The Kier molecular flexibility index (Phi) is 3.72. The summed E-state index contributed by atoms with van der Waals surface area (Å²) in [6, 6.07) is 9.30. The third-order valence-electron chi connectivity index (χ3n) is 3.01. The second-order valence-electron chi connectivity index (χ2n) is 4.60. The minimum absolute atomic E-state index is 0.0363. The van der Waals surface area contributed by atoms with Gasteiger partial charge in [-0.3, -0.25) is 4.72 Å². The number of anilines is 1. The molecule has 0 saturated heterocycles. The summed E-state index contributed by atoms with van der Waals surface area (Å²) in [5, 5.41) is 8.41. The number of hydrogen-bond donors (Lipinski definition) is 1. The summed E-state index contributed by atoms with van der Waals surface area (Å²) in [5.41, 5.74) is 1.19. The van der Waals surface area contributed by atoms with E-state index in [0.717, 1.165) is 0 Å². The molecule has 0 radical (unpaired) electrons. The van der Waals surface area contributed by atoms with Gasteiger partial charge in [-0.1, -0.05) is 34.5 Å². The smallest absolute Gasteiger partial charge is 0.264 e. The van der Waals surface area contributed by atoms with Gasteiger partial charge in [0.1, 0.15) is 10.4 Å². The van der Waals surface area contributed by atoms with Crippen LogP contribution in [-0.2, 0) is 17.1 Å². The van der Waals surface area contributed by atoms with Gasteiger partial charge in [-0.25, -0.2) is 13.1 Å². The van der Waals surface area contributed by atoms with Gasteiger partial charge in [0.05, 0.1) is 11.2 Å². The molecule has 22 heavy (non-hydrogen) atoms. The number of fused-ring (bicyclic) bond motifs is 1. The minimum atomic E-state index is -3.84. The van der Waals surface area contributed by atoms with Gasteiger partial charge < -0.3 is 0 Å². The first kappa shape index (κ1) is 15.1. The molecule has 0 saturated carbocycles. The minimum Gasteiger partial charge on any atom is -0.279 e. The fourth-order valence-corrected chi connectivity index (χ4v) is 3.79. The molecule has 0 bridgehead atoms. The van der Waals surface area contributed by atoms with Crippen LogP contribution in [-0.4, -0.2) is 23.4 Å². The van der Waals surface area contributed by atoms with Crippen molar-refractivity contribution >= 4 is 49.9 Å². The van der Waals surface area contributed by atoms with E-state index in [4.69, 9.17) is 23.2 Å². The number of aromatic nitrogens is 3. The number of rotatable bonds is 3. The van der Waals surface area contributed by atoms with E-state index >= 15 is 0 Å². The zero-order valence-corrected chi connectivity index (χ0v) is 13.6. The molecular formula is C13H10Cl2N4O2S. The molecule has 0 spiro atoms. The van der Waals surface area contributed by atoms with E-state index in [-0.39, 0.29) is 10.6 Å². The maximum absolute atomic E-state index is 12.6. The highest BCUT2D eigenvalue weighted by molar-refractivity contribution is 7.93. The molecule has 9 heteroatoms. The highest BCUT2D eigenvalue weighted by atomic mass is 35.5. The standard InChI is InChI=1S/C13H10Cl2N4O2S/c1-19-11-3-2-4-12(13(11)16-18-19)22(20,21)17-10-6-8(14)5-9(15)7-10/h2-7,17H,1H3. The van der Waals surface area contributed by atoms with E-state index in [9.17, 15) is 8.42 Å². The van der Waals surface area contributed by atoms with E-state index in [1.807, 2.05) is 0 Å². The second kappa shape index (κ2) is 5.42. The molecular weight excluding hydrogens is 347 g/mol. The fourth-order valence-electron chi connectivity index (χ4n) is 2.07. The number of nitrogens with zero attached hydrogens (tertiary/aromatic N) is 3. The zero-order chi connectivity index (χ0) is 15.9. The number of sulfonamides is 1. The molecule has 1 N–H and O–H groups in total. The van der Waals surface area contributed by atoms with Gasteiger partial charge in [-0.2, -0.15) is 0 Å². The van der Waals surface area contributed by atoms with Gasteiger partial charge in [-0.15, -0.1) is 5.10 Å². The number of halogens is 2. The maximum atomic E-state index is 12.6. The quantitative estimate of drug-likeness (QED) is 0.782. The van der Waals surface area contributed by atoms with E-state index in [1.165, 1.54) is 28.9 Å². The summed E-state index contributed by atoms with van der Waals surface area (Å²) < 4.78 is 29.1. The number of nitrogens with one attached hydrogen (secondary N) is 1. The summed E-state index contributed by atoms with van der Waals surface area (Å²) in [7, 11) is -2.15. The molecule has 1 aromatic heterocycles. The van der Waals surface area contributed by atoms with Crippen LogP contribution in [0.5, 0.6) is 0 Å². The van der Waals surface area contributed by atoms with Gasteiger partial charge in [0.15, 0.2) is 0 Å². The predicted molar refractivity (Wildman–Crippen MR) is 85.8 cm³/mol. The lowest BCUT2D eigenvalue weighted by Gasteiger charge is -2.09. The Morgan fingerprint density at radius 2 is 1.82 bits per heavy atom. The van der Waals surface area contributed by atoms with Crippen LogP contribution < -0.4 is 4.72 Å². The third kappa shape index (κ3) is 2.75. The van der Waals surface area contributed by atoms with E-state index in [2.05, 4.69) is 15.0 Å². The van der Waals surface area contributed by atoms with Crippen molar-refractivity contribution in [2.75, 3.05) is 4.72 Å². The summed E-state index contributed by atoms with van der Waals surface area (Å²) in [6.07, 6.45) is 0. The normalized spacial score (nSPS) is 11.8. The van der Waals surface area contributed by atoms with Crippen LogP contribution >= 0.6 is 23.2 Å². The molecule has 6 nitrogen and oxygen atoms in total. The lowest BCUT2D eigenvalue weighted by atomic mass is 10.3. The van der Waals surface area contributed by atoms with Crippen molar-refractivity contribution in [1.82, 2.24) is 15.0 Å². The van der Waals surface area contributed by atoms with Gasteiger partial charge in [-0.05, 0) is 30.3 Å². The first-order valence-electron chi connectivity index (χ1n) is 6.14. The van der Waals surface area contributed by atoms with Crippen molar-refractivity contribution in [2.24, 2.45) is 7.05 Å². The van der Waals surface area contributed by atoms with Gasteiger partial charge in [0.25, 0.3) is 10.0 Å². The molecule has 1 heterocycles. The molecule has 0 atom stereocenters. The van der Waals surface area contributed by atoms with Crippen LogP contribution in [0.4, 0.5) is 5.69 Å². The Balaban J connectivity index is 2.08. The first-order valence-corrected chi connectivity index (χ1v) is 8.38. The topological polar surface area (TPSA) is 76.9 Å². The Bertz CT molecular complexity index is 949. The molecule has 0 aliphatic heterocycles. The van der Waals surface area contributed by atoms with Crippen molar-refractivity contribution in [3.05, 3.63) is 46.4 Å². The van der Waals surface area contributed by atoms with Crippen LogP contribution in [0.2, 0.25) is 10.0 Å². The fraction of sp³-hybridized carbons (Fsp3) is 0.0769. The van der Waals surface area contributed by atoms with Crippen molar-refractivity contribution in [3.8, 4) is 0 Å². The zero-order valence-electron chi connectivity index (χ0n) is 11.3. The Morgan fingerprint density at radius 1 is 1.14 bits per heavy atom. The molecule has 0 amide bonds. The van der Waals surface area contributed by atoms with Crippen LogP contribution in [0.15, 0.2) is 41.3 Å². The molecule has 3 rings (SSSR count). The number of hydrogen-bond acceptors (Lipinski definition) is 4. The lowest BCUT2D eigenvalue weighted by molar-refractivity contribution is 0.602. The first-order chi connectivity index (χ1) is 10.4. The largest absolute Gasteiger partial charge is 0.279 e. The van der Waals surface area contributed by atoms with Gasteiger partial charge >= 0.3 is 0 Å². The summed E-state index contributed by atoms with van der Waals surface area (Å²) in [5.74, 6) is 0. The molecule has 2 aromatic carbocycles. The Labute approximate surface area is 136 Å². The molecule has 3 aromatic rings. The molecule has 0 fully saturated rings. The van der Waals surface area contributed by atoms with E-state index in [1.54, 1.807) is 19.2 Å². The number of benzene rings is 2. The molecule has 0 aliphatic carbocycles. The summed E-state index contributed by atoms with van der Waals surface area (Å²) >= 11 is 11.8. The van der Waals surface area contributed by atoms with E-state index < -0.39 is 10.0 Å². The van der Waals surface area contributed by atoms with Crippen molar-refractivity contribution in [2.45, 2.75) is 4.90 Å². The summed E-state index contributed by atoms with van der Waals surface area (Å²) in [6.45, 7) is 0. The van der Waals surface area contributed by atoms with Crippen LogP contribution in [0.3, 0.4) is 0 Å². The lowest BCUT2D eigenvalue weighted by Crippen LogP contribution is -2.13. The van der Waals surface area contributed by atoms with Crippen LogP contribution in [0, 0.1) is 0 Å². The highest BCUT2D eigenvalue weighted by Crippen LogP contribution is 2.26. The van der Waals surface area contributed by atoms with Crippen molar-refractivity contribution in [1.29, 1.82) is 0 Å².